The van der Waals surface area contributed by atoms with E-state index in [-0.39, 0.29) is 16.2 Å². The maximum Gasteiger partial charge on any atom is 0.338 e. The summed E-state index contributed by atoms with van der Waals surface area (Å²) in [5.74, 6) is -1.09. The van der Waals surface area contributed by atoms with E-state index in [1.165, 1.54) is 31.2 Å². The molecule has 0 aliphatic heterocycles. The number of hydrogen-bond acceptors (Lipinski definition) is 5. The van der Waals surface area contributed by atoms with Gasteiger partial charge < -0.3 is 9.72 Å². The molecule has 0 saturated heterocycles. The summed E-state index contributed by atoms with van der Waals surface area (Å²) < 4.78 is 28.5. The first-order chi connectivity index (χ1) is 12.3. The van der Waals surface area contributed by atoms with Crippen molar-refractivity contribution in [1.82, 2.24) is 4.98 Å². The number of ketones is 1. The van der Waals surface area contributed by atoms with Crippen molar-refractivity contribution in [2.24, 2.45) is 0 Å². The van der Waals surface area contributed by atoms with Gasteiger partial charge in [0, 0.05) is 28.9 Å². The molecule has 3 rings (SSSR count). The van der Waals surface area contributed by atoms with Crippen LogP contribution in [0.5, 0.6) is 0 Å². The van der Waals surface area contributed by atoms with Crippen LogP contribution >= 0.6 is 0 Å². The summed E-state index contributed by atoms with van der Waals surface area (Å²) in [6, 6.07) is 12.9. The zero-order valence-electron chi connectivity index (χ0n) is 14.2. The van der Waals surface area contributed by atoms with Crippen LogP contribution in [-0.2, 0) is 14.6 Å². The second-order valence-electron chi connectivity index (χ2n) is 5.96. The summed E-state index contributed by atoms with van der Waals surface area (Å²) >= 11 is 0. The Bertz CT molecular complexity index is 1100. The number of nitrogens with one attached hydrogen (secondary N) is 1. The monoisotopic (exact) mass is 371 g/mol. The van der Waals surface area contributed by atoms with Gasteiger partial charge in [0.15, 0.2) is 15.9 Å². The fourth-order valence-electron chi connectivity index (χ4n) is 2.63. The first-order valence-corrected chi connectivity index (χ1v) is 9.78. The van der Waals surface area contributed by atoms with Gasteiger partial charge in [-0.25, -0.2) is 13.2 Å². The summed E-state index contributed by atoms with van der Waals surface area (Å²) in [6.45, 7) is 1.49. The van der Waals surface area contributed by atoms with Gasteiger partial charge in [0.2, 0.25) is 5.78 Å². The van der Waals surface area contributed by atoms with E-state index in [4.69, 9.17) is 4.74 Å². The Morgan fingerprint density at radius 2 is 1.81 bits per heavy atom. The molecule has 0 aliphatic carbocycles. The molecule has 0 aliphatic rings. The number of carbonyl (C=O) groups is 2. The molecule has 1 unspecified atom stereocenters. The Labute approximate surface area is 150 Å². The molecule has 1 heterocycles. The lowest BCUT2D eigenvalue weighted by atomic mass is 10.1. The third kappa shape index (κ3) is 3.52. The van der Waals surface area contributed by atoms with Crippen LogP contribution in [0.4, 0.5) is 0 Å². The molecule has 26 heavy (non-hydrogen) atoms. The molecule has 134 valence electrons. The van der Waals surface area contributed by atoms with Gasteiger partial charge in [0.25, 0.3) is 0 Å². The number of ether oxygens (including phenoxy) is 1. The largest absolute Gasteiger partial charge is 0.451 e. The summed E-state index contributed by atoms with van der Waals surface area (Å²) in [5.41, 5.74) is 1.33. The van der Waals surface area contributed by atoms with E-state index in [1.54, 1.807) is 6.20 Å². The molecule has 0 spiro atoms. The van der Waals surface area contributed by atoms with Gasteiger partial charge in [-0.05, 0) is 31.2 Å². The zero-order chi connectivity index (χ0) is 18.9. The molecule has 3 aromatic rings. The molecule has 6 nitrogen and oxygen atoms in total. The van der Waals surface area contributed by atoms with E-state index >= 15 is 0 Å². The van der Waals surface area contributed by atoms with Crippen molar-refractivity contribution in [3.8, 4) is 0 Å². The lowest BCUT2D eigenvalue weighted by molar-refractivity contribution is 0.0319. The topological polar surface area (TPSA) is 93.3 Å². The third-order valence-corrected chi connectivity index (χ3v) is 5.12. The van der Waals surface area contributed by atoms with Gasteiger partial charge in [-0.3, -0.25) is 4.79 Å². The maximum absolute atomic E-state index is 12.6. The van der Waals surface area contributed by atoms with Gasteiger partial charge in [-0.2, -0.15) is 0 Å². The standard InChI is InChI=1S/C19H17NO5S/c1-12(18(21)16-11-20-17-9-4-3-8-15(16)17)25-19(22)13-6-5-7-14(10-13)26(2,23)24/h3-12,20H,1-2H3. The van der Waals surface area contributed by atoms with E-state index < -0.39 is 21.9 Å². The second-order valence-corrected chi connectivity index (χ2v) is 7.98. The van der Waals surface area contributed by atoms with Crippen LogP contribution in [-0.4, -0.2) is 37.5 Å². The Morgan fingerprint density at radius 3 is 2.54 bits per heavy atom. The minimum Gasteiger partial charge on any atom is -0.451 e. The highest BCUT2D eigenvalue weighted by atomic mass is 32.2. The van der Waals surface area contributed by atoms with Gasteiger partial charge in [0.1, 0.15) is 0 Å². The molecule has 0 fully saturated rings. The number of H-pyrrole nitrogens is 1. The van der Waals surface area contributed by atoms with Crippen LogP contribution in [0.15, 0.2) is 59.6 Å². The number of sulfone groups is 1. The van der Waals surface area contributed by atoms with Crippen molar-refractivity contribution >= 4 is 32.5 Å². The molecule has 1 atom stereocenters. The van der Waals surface area contributed by atoms with E-state index in [1.807, 2.05) is 24.3 Å². The lowest BCUT2D eigenvalue weighted by Crippen LogP contribution is -2.24. The lowest BCUT2D eigenvalue weighted by Gasteiger charge is -2.12. The van der Waals surface area contributed by atoms with Gasteiger partial charge in [-0.1, -0.05) is 24.3 Å². The van der Waals surface area contributed by atoms with Crippen LogP contribution < -0.4 is 0 Å². The molecule has 2 aromatic carbocycles. The Hall–Kier alpha value is -2.93. The van der Waals surface area contributed by atoms with Crippen LogP contribution in [0.2, 0.25) is 0 Å². The van der Waals surface area contributed by atoms with Gasteiger partial charge in [0.05, 0.1) is 10.5 Å². The second kappa shape index (κ2) is 6.76. The zero-order valence-corrected chi connectivity index (χ0v) is 15.0. The van der Waals surface area contributed by atoms with Crippen molar-refractivity contribution in [2.75, 3.05) is 6.26 Å². The number of esters is 1. The quantitative estimate of drug-likeness (QED) is 0.550. The van der Waals surface area contributed by atoms with Crippen molar-refractivity contribution < 1.29 is 22.7 Å². The molecular weight excluding hydrogens is 354 g/mol. The molecule has 1 N–H and O–H groups in total. The normalized spacial score (nSPS) is 12.7. The Balaban J connectivity index is 1.80. The molecule has 1 aromatic heterocycles. The average molecular weight is 371 g/mol. The van der Waals surface area contributed by atoms with E-state index in [9.17, 15) is 18.0 Å². The number of rotatable bonds is 5. The number of fused-ring (bicyclic) bond motifs is 1. The van der Waals surface area contributed by atoms with Crippen molar-refractivity contribution in [1.29, 1.82) is 0 Å². The molecule has 7 heteroatoms. The summed E-state index contributed by atoms with van der Waals surface area (Å²) in [7, 11) is -3.44. The van der Waals surface area contributed by atoms with Crippen LogP contribution in [0.25, 0.3) is 10.9 Å². The number of para-hydroxylation sites is 1. The highest BCUT2D eigenvalue weighted by Gasteiger charge is 2.23. The predicted octanol–water partition coefficient (Wildman–Crippen LogP) is 3.00. The van der Waals surface area contributed by atoms with Crippen LogP contribution in [0.1, 0.15) is 27.6 Å². The molecular formula is C19H17NO5S. The molecule has 0 amide bonds. The number of Topliss-reactive ketones (excluding diaryl/α,β-unsaturated/α-hetero) is 1. The number of aromatic amines is 1. The first kappa shape index (κ1) is 17.9. The number of aromatic nitrogens is 1. The minimum atomic E-state index is -3.44. The summed E-state index contributed by atoms with van der Waals surface area (Å²) in [5, 5.41) is 0.750. The fraction of sp³-hybridized carbons (Fsp3) is 0.158. The average Bonchev–Trinajstić information content (AvgIpc) is 3.04. The Morgan fingerprint density at radius 1 is 1.08 bits per heavy atom. The predicted molar refractivity (Wildman–Crippen MR) is 97.1 cm³/mol. The van der Waals surface area contributed by atoms with Crippen molar-refractivity contribution in [2.45, 2.75) is 17.9 Å². The van der Waals surface area contributed by atoms with Crippen molar-refractivity contribution in [3.05, 3.63) is 65.9 Å². The highest BCUT2D eigenvalue weighted by Crippen LogP contribution is 2.20. The molecule has 0 bridgehead atoms. The summed E-state index contributed by atoms with van der Waals surface area (Å²) in [4.78, 5) is 27.9. The molecule has 0 saturated carbocycles. The van der Waals surface area contributed by atoms with Crippen LogP contribution in [0.3, 0.4) is 0 Å². The van der Waals surface area contributed by atoms with E-state index in [0.29, 0.717) is 5.56 Å². The number of carbonyl (C=O) groups excluding carboxylic acids is 2. The first-order valence-electron chi connectivity index (χ1n) is 7.89. The number of benzene rings is 2. The molecule has 0 radical (unpaired) electrons. The fourth-order valence-corrected chi connectivity index (χ4v) is 3.30. The SMILES string of the molecule is CC(OC(=O)c1cccc(S(C)(=O)=O)c1)C(=O)c1c[nH]c2ccccc12. The highest BCUT2D eigenvalue weighted by molar-refractivity contribution is 7.90. The van der Waals surface area contributed by atoms with E-state index in [0.717, 1.165) is 17.2 Å². The smallest absolute Gasteiger partial charge is 0.338 e. The van der Waals surface area contributed by atoms with E-state index in [2.05, 4.69) is 4.98 Å². The third-order valence-electron chi connectivity index (χ3n) is 4.01. The van der Waals surface area contributed by atoms with Crippen molar-refractivity contribution in [3.63, 3.8) is 0 Å². The minimum absolute atomic E-state index is 0.0163. The Kier molecular flexibility index (Phi) is 4.65. The maximum atomic E-state index is 12.6. The van der Waals surface area contributed by atoms with Gasteiger partial charge >= 0.3 is 5.97 Å². The summed E-state index contributed by atoms with van der Waals surface area (Å²) in [6.07, 6.45) is 1.63. The number of hydrogen-bond donors (Lipinski definition) is 1. The van der Waals surface area contributed by atoms with Crippen LogP contribution in [0, 0.1) is 0 Å². The van der Waals surface area contributed by atoms with Gasteiger partial charge in [-0.15, -0.1) is 0 Å².